The molecule has 21 heavy (non-hydrogen) atoms. The van der Waals surface area contributed by atoms with Crippen LogP contribution in [0.4, 0.5) is 5.82 Å². The van der Waals surface area contributed by atoms with Crippen LogP contribution in [0.25, 0.3) is 5.65 Å². The number of aromatic nitrogens is 5. The van der Waals surface area contributed by atoms with Crippen molar-refractivity contribution in [1.29, 1.82) is 0 Å². The fraction of sp³-hybridized carbons (Fsp3) is 0.714. The zero-order valence-electron chi connectivity index (χ0n) is 12.5. The molecule has 7 nitrogen and oxygen atoms in total. The largest absolute Gasteiger partial charge is 0.354 e. The minimum Gasteiger partial charge on any atom is -0.354 e. The second kappa shape index (κ2) is 5.22. The second-order valence-electron chi connectivity index (χ2n) is 6.12. The molecule has 1 saturated heterocycles. The van der Waals surface area contributed by atoms with Crippen molar-refractivity contribution in [3.05, 3.63) is 11.1 Å². The lowest BCUT2D eigenvalue weighted by molar-refractivity contribution is 0.360. The molecule has 0 aromatic carbocycles. The number of likely N-dealkylation sites (N-methyl/N-ethyl adjacent to an activating group) is 1. The van der Waals surface area contributed by atoms with Crippen molar-refractivity contribution >= 4 is 11.5 Å². The lowest BCUT2D eigenvalue weighted by Crippen LogP contribution is -2.31. The normalized spacial score (nSPS) is 20.5. The third kappa shape index (κ3) is 2.25. The summed E-state index contributed by atoms with van der Waals surface area (Å²) in [5.41, 5.74) is 3.54. The van der Waals surface area contributed by atoms with E-state index < -0.39 is 0 Å². The quantitative estimate of drug-likeness (QED) is 0.763. The zero-order chi connectivity index (χ0) is 14.2. The molecule has 0 saturated carbocycles. The van der Waals surface area contributed by atoms with Crippen molar-refractivity contribution in [3.8, 4) is 0 Å². The van der Waals surface area contributed by atoms with E-state index in [1.807, 2.05) is 0 Å². The van der Waals surface area contributed by atoms with Crippen LogP contribution in [0.3, 0.4) is 0 Å². The number of anilines is 1. The van der Waals surface area contributed by atoms with E-state index in [0.29, 0.717) is 0 Å². The first kappa shape index (κ1) is 12.9. The molecule has 0 unspecified atom stereocenters. The number of nitrogens with zero attached hydrogens (tertiary/aromatic N) is 7. The molecule has 0 amide bonds. The second-order valence-corrected chi connectivity index (χ2v) is 6.12. The van der Waals surface area contributed by atoms with Gasteiger partial charge in [-0.05, 0) is 56.1 Å². The summed E-state index contributed by atoms with van der Waals surface area (Å²) in [4.78, 5) is 4.82. The molecular weight excluding hydrogens is 266 g/mol. The van der Waals surface area contributed by atoms with Crippen molar-refractivity contribution in [2.45, 2.75) is 32.1 Å². The number of hydrogen-bond donors (Lipinski definition) is 0. The topological polar surface area (TPSA) is 62.5 Å². The van der Waals surface area contributed by atoms with Crippen LogP contribution in [0.2, 0.25) is 0 Å². The molecule has 1 fully saturated rings. The average Bonchev–Trinajstić information content (AvgIpc) is 2.88. The molecule has 2 aliphatic rings. The van der Waals surface area contributed by atoms with E-state index in [9.17, 15) is 0 Å². The first-order chi connectivity index (χ1) is 10.3. The highest BCUT2D eigenvalue weighted by Gasteiger charge is 2.24. The van der Waals surface area contributed by atoms with Gasteiger partial charge in [-0.1, -0.05) is 0 Å². The molecule has 0 bridgehead atoms. The van der Waals surface area contributed by atoms with Gasteiger partial charge in [-0.2, -0.15) is 0 Å². The van der Waals surface area contributed by atoms with Crippen LogP contribution >= 0.6 is 0 Å². The zero-order valence-corrected chi connectivity index (χ0v) is 12.5. The van der Waals surface area contributed by atoms with Gasteiger partial charge < -0.3 is 9.80 Å². The molecule has 0 radical (unpaired) electrons. The molecule has 2 aromatic heterocycles. The van der Waals surface area contributed by atoms with Crippen LogP contribution in [0, 0.1) is 0 Å². The Morgan fingerprint density at radius 2 is 1.76 bits per heavy atom. The van der Waals surface area contributed by atoms with Gasteiger partial charge in [0.1, 0.15) is 0 Å². The van der Waals surface area contributed by atoms with Gasteiger partial charge in [-0.15, -0.1) is 14.8 Å². The number of tetrazole rings is 1. The number of hydrogen-bond acceptors (Lipinski definition) is 6. The van der Waals surface area contributed by atoms with E-state index in [2.05, 4.69) is 32.4 Å². The van der Waals surface area contributed by atoms with E-state index in [4.69, 9.17) is 5.10 Å². The van der Waals surface area contributed by atoms with Gasteiger partial charge in [0.2, 0.25) is 5.65 Å². The summed E-state index contributed by atoms with van der Waals surface area (Å²) in [7, 11) is 2.19. The molecule has 0 N–H and O–H groups in total. The molecule has 7 heteroatoms. The first-order valence-corrected chi connectivity index (χ1v) is 7.86. The highest BCUT2D eigenvalue weighted by molar-refractivity contribution is 5.60. The van der Waals surface area contributed by atoms with Crippen LogP contribution in [0.5, 0.6) is 0 Å². The predicted octanol–water partition coefficient (Wildman–Crippen LogP) is 0.540. The summed E-state index contributed by atoms with van der Waals surface area (Å²) in [6, 6.07) is 0. The van der Waals surface area contributed by atoms with Gasteiger partial charge >= 0.3 is 0 Å². The van der Waals surface area contributed by atoms with Gasteiger partial charge in [0.15, 0.2) is 5.82 Å². The van der Waals surface area contributed by atoms with E-state index in [0.717, 1.165) is 50.5 Å². The highest BCUT2D eigenvalue weighted by atomic mass is 15.6. The molecule has 0 atom stereocenters. The van der Waals surface area contributed by atoms with Crippen molar-refractivity contribution in [2.24, 2.45) is 0 Å². The standard InChI is InChI=1S/C14H21N7/c1-19-7-4-8-20(10-9-19)14-12-6-3-2-5-11(12)13-15-17-18-21(13)16-14/h2-10H2,1H3. The summed E-state index contributed by atoms with van der Waals surface area (Å²) < 4.78 is 1.62. The Bertz CT molecular complexity index is 650. The fourth-order valence-corrected chi connectivity index (χ4v) is 3.49. The molecule has 1 aliphatic heterocycles. The van der Waals surface area contributed by atoms with E-state index in [1.54, 1.807) is 4.63 Å². The van der Waals surface area contributed by atoms with E-state index in [-0.39, 0.29) is 0 Å². The van der Waals surface area contributed by atoms with Crippen LogP contribution in [-0.2, 0) is 12.8 Å². The summed E-state index contributed by atoms with van der Waals surface area (Å²) in [5, 5.41) is 16.7. The van der Waals surface area contributed by atoms with E-state index >= 15 is 0 Å². The Morgan fingerprint density at radius 1 is 0.905 bits per heavy atom. The third-order valence-electron chi connectivity index (χ3n) is 4.67. The van der Waals surface area contributed by atoms with E-state index in [1.165, 1.54) is 30.4 Å². The smallest absolute Gasteiger partial charge is 0.203 e. The summed E-state index contributed by atoms with van der Waals surface area (Å²) in [5.74, 6) is 1.11. The van der Waals surface area contributed by atoms with Gasteiger partial charge in [0.25, 0.3) is 0 Å². The Morgan fingerprint density at radius 3 is 2.67 bits per heavy atom. The summed E-state index contributed by atoms with van der Waals surface area (Å²) in [6.07, 6.45) is 5.82. The Labute approximate surface area is 123 Å². The molecule has 3 heterocycles. The van der Waals surface area contributed by atoms with Crippen molar-refractivity contribution in [1.82, 2.24) is 30.2 Å². The molecular formula is C14H21N7. The predicted molar refractivity (Wildman–Crippen MR) is 79.5 cm³/mol. The van der Waals surface area contributed by atoms with Crippen molar-refractivity contribution < 1.29 is 0 Å². The van der Waals surface area contributed by atoms with Crippen LogP contribution in [0.15, 0.2) is 0 Å². The van der Waals surface area contributed by atoms with Crippen LogP contribution in [0.1, 0.15) is 30.4 Å². The Balaban J connectivity index is 1.80. The minimum atomic E-state index is 0.848. The number of aryl methyl sites for hydroxylation is 1. The number of fused-ring (bicyclic) bond motifs is 3. The maximum Gasteiger partial charge on any atom is 0.203 e. The van der Waals surface area contributed by atoms with Gasteiger partial charge in [0.05, 0.1) is 0 Å². The molecule has 2 aromatic rings. The van der Waals surface area contributed by atoms with Gasteiger partial charge in [-0.3, -0.25) is 0 Å². The number of rotatable bonds is 1. The lowest BCUT2D eigenvalue weighted by atomic mass is 9.92. The van der Waals surface area contributed by atoms with Crippen molar-refractivity contribution in [3.63, 3.8) is 0 Å². The lowest BCUT2D eigenvalue weighted by Gasteiger charge is -2.27. The first-order valence-electron chi connectivity index (χ1n) is 7.86. The minimum absolute atomic E-state index is 0.848. The fourth-order valence-electron chi connectivity index (χ4n) is 3.49. The van der Waals surface area contributed by atoms with Crippen LogP contribution in [-0.4, -0.2) is 63.4 Å². The van der Waals surface area contributed by atoms with Gasteiger partial charge in [-0.25, -0.2) is 0 Å². The maximum atomic E-state index is 4.73. The van der Waals surface area contributed by atoms with Crippen molar-refractivity contribution in [2.75, 3.05) is 38.1 Å². The SMILES string of the molecule is CN1CCCN(c2nn3nnnc3c3c2CCCC3)CC1. The Kier molecular flexibility index (Phi) is 3.21. The van der Waals surface area contributed by atoms with Gasteiger partial charge in [0, 0.05) is 30.8 Å². The molecule has 0 spiro atoms. The molecule has 112 valence electrons. The monoisotopic (exact) mass is 287 g/mol. The summed E-state index contributed by atoms with van der Waals surface area (Å²) in [6.45, 7) is 4.34. The molecule has 1 aliphatic carbocycles. The molecule has 4 rings (SSSR count). The average molecular weight is 287 g/mol. The third-order valence-corrected chi connectivity index (χ3v) is 4.67. The maximum absolute atomic E-state index is 4.73. The highest BCUT2D eigenvalue weighted by Crippen LogP contribution is 2.30. The van der Waals surface area contributed by atoms with Crippen LogP contribution < -0.4 is 4.90 Å². The summed E-state index contributed by atoms with van der Waals surface area (Å²) >= 11 is 0. The Hall–Kier alpha value is -1.76.